The Bertz CT molecular complexity index is 1160. The SMILES string of the molecule is Cc1[nH]c2ccccc2c1C(=O)[C@H](C)OC(=O)c1ccccc1-n1cnnn1. The highest BCUT2D eigenvalue weighted by Crippen LogP contribution is 2.24. The van der Waals surface area contributed by atoms with Gasteiger partial charge in [0.2, 0.25) is 5.78 Å². The summed E-state index contributed by atoms with van der Waals surface area (Å²) in [7, 11) is 0. The lowest BCUT2D eigenvalue weighted by Crippen LogP contribution is -2.25. The number of fused-ring (bicyclic) bond motifs is 1. The Labute approximate surface area is 160 Å². The molecule has 4 rings (SSSR count). The summed E-state index contributed by atoms with van der Waals surface area (Å²) < 4.78 is 6.85. The molecule has 0 fully saturated rings. The summed E-state index contributed by atoms with van der Waals surface area (Å²) in [6.45, 7) is 3.40. The molecule has 28 heavy (non-hydrogen) atoms. The van der Waals surface area contributed by atoms with Crippen LogP contribution in [-0.4, -0.2) is 43.0 Å². The molecule has 4 aromatic rings. The zero-order chi connectivity index (χ0) is 19.7. The van der Waals surface area contributed by atoms with Crippen LogP contribution in [0.4, 0.5) is 0 Å². The molecular formula is C20H17N5O3. The quantitative estimate of drug-likeness (QED) is 0.425. The van der Waals surface area contributed by atoms with Gasteiger partial charge in [-0.3, -0.25) is 4.79 Å². The minimum absolute atomic E-state index is 0.261. The van der Waals surface area contributed by atoms with Crippen molar-refractivity contribution in [3.8, 4) is 5.69 Å². The minimum atomic E-state index is -0.952. The van der Waals surface area contributed by atoms with Gasteiger partial charge in [-0.25, -0.2) is 4.79 Å². The molecule has 0 aliphatic carbocycles. The van der Waals surface area contributed by atoms with Crippen molar-refractivity contribution in [1.82, 2.24) is 25.2 Å². The maximum Gasteiger partial charge on any atom is 0.341 e. The maximum absolute atomic E-state index is 13.0. The molecule has 0 unspecified atom stereocenters. The van der Waals surface area contributed by atoms with Crippen LogP contribution in [-0.2, 0) is 4.74 Å². The number of aromatic nitrogens is 5. The second-order valence-corrected chi connectivity index (χ2v) is 6.35. The Morgan fingerprint density at radius 2 is 1.86 bits per heavy atom. The number of rotatable bonds is 5. The highest BCUT2D eigenvalue weighted by Gasteiger charge is 2.26. The molecule has 0 bridgehead atoms. The highest BCUT2D eigenvalue weighted by atomic mass is 16.5. The van der Waals surface area contributed by atoms with Gasteiger partial charge in [0.25, 0.3) is 0 Å². The van der Waals surface area contributed by atoms with E-state index in [1.54, 1.807) is 31.2 Å². The summed E-state index contributed by atoms with van der Waals surface area (Å²) in [4.78, 5) is 28.9. The van der Waals surface area contributed by atoms with Crippen LogP contribution in [0.15, 0.2) is 54.9 Å². The average molecular weight is 375 g/mol. The topological polar surface area (TPSA) is 103 Å². The van der Waals surface area contributed by atoms with Crippen molar-refractivity contribution < 1.29 is 14.3 Å². The normalized spacial score (nSPS) is 12.1. The Kier molecular flexibility index (Phi) is 4.44. The number of hydrogen-bond acceptors (Lipinski definition) is 6. The number of H-pyrrole nitrogens is 1. The number of ketones is 1. The van der Waals surface area contributed by atoms with E-state index in [4.69, 9.17) is 4.74 Å². The van der Waals surface area contributed by atoms with E-state index >= 15 is 0 Å². The Balaban J connectivity index is 1.61. The molecule has 2 aromatic heterocycles. The molecule has 0 saturated carbocycles. The number of hydrogen-bond donors (Lipinski definition) is 1. The van der Waals surface area contributed by atoms with E-state index in [1.165, 1.54) is 11.0 Å². The molecule has 0 amide bonds. The van der Waals surface area contributed by atoms with E-state index < -0.39 is 12.1 Å². The van der Waals surface area contributed by atoms with Crippen molar-refractivity contribution in [3.05, 3.63) is 71.7 Å². The number of esters is 1. The second-order valence-electron chi connectivity index (χ2n) is 6.35. The average Bonchev–Trinajstić information content (AvgIpc) is 3.34. The number of benzene rings is 2. The van der Waals surface area contributed by atoms with Crippen molar-refractivity contribution in [2.24, 2.45) is 0 Å². The number of nitrogens with one attached hydrogen (secondary N) is 1. The van der Waals surface area contributed by atoms with Crippen LogP contribution in [0.25, 0.3) is 16.6 Å². The number of carbonyl (C=O) groups is 2. The predicted molar refractivity (Wildman–Crippen MR) is 101 cm³/mol. The molecule has 8 heteroatoms. The number of aryl methyl sites for hydroxylation is 1. The molecule has 140 valence electrons. The minimum Gasteiger partial charge on any atom is -0.451 e. The van der Waals surface area contributed by atoms with Crippen LogP contribution < -0.4 is 0 Å². The number of aromatic amines is 1. The fourth-order valence-electron chi connectivity index (χ4n) is 3.19. The van der Waals surface area contributed by atoms with Gasteiger partial charge in [0.15, 0.2) is 6.10 Å². The number of ether oxygens (including phenoxy) is 1. The molecule has 0 aliphatic heterocycles. The summed E-state index contributed by atoms with van der Waals surface area (Å²) in [6.07, 6.45) is 0.433. The summed E-state index contributed by atoms with van der Waals surface area (Å²) in [5.74, 6) is -0.882. The molecule has 2 aromatic carbocycles. The van der Waals surface area contributed by atoms with Gasteiger partial charge in [-0.2, -0.15) is 4.68 Å². The van der Waals surface area contributed by atoms with E-state index in [0.29, 0.717) is 11.3 Å². The van der Waals surface area contributed by atoms with Crippen LogP contribution in [0, 0.1) is 6.92 Å². The number of para-hydroxylation sites is 2. The predicted octanol–water partition coefficient (Wildman–Crippen LogP) is 2.88. The van der Waals surface area contributed by atoms with E-state index in [1.807, 2.05) is 31.2 Å². The third-order valence-electron chi connectivity index (χ3n) is 4.51. The molecule has 1 N–H and O–H groups in total. The van der Waals surface area contributed by atoms with Gasteiger partial charge in [-0.15, -0.1) is 5.10 Å². The first-order valence-electron chi connectivity index (χ1n) is 8.71. The van der Waals surface area contributed by atoms with Crippen molar-refractivity contribution >= 4 is 22.7 Å². The fourth-order valence-corrected chi connectivity index (χ4v) is 3.19. The first-order chi connectivity index (χ1) is 13.6. The molecule has 2 heterocycles. The van der Waals surface area contributed by atoms with E-state index in [-0.39, 0.29) is 11.3 Å². The standard InChI is InChI=1S/C20H17N5O3/c1-12-18(14-7-3-5-9-16(14)22-12)19(26)13(2)28-20(27)15-8-4-6-10-17(15)25-11-21-23-24-25/h3-11,13,22H,1-2H3/t13-/m0/s1. The second kappa shape index (κ2) is 7.07. The smallest absolute Gasteiger partial charge is 0.341 e. The lowest BCUT2D eigenvalue weighted by Gasteiger charge is -2.14. The van der Waals surface area contributed by atoms with Gasteiger partial charge in [0, 0.05) is 22.2 Å². The lowest BCUT2D eigenvalue weighted by molar-refractivity contribution is 0.0319. The lowest BCUT2D eigenvalue weighted by atomic mass is 10.0. The maximum atomic E-state index is 13.0. The first-order valence-corrected chi connectivity index (χ1v) is 8.71. The van der Waals surface area contributed by atoms with Crippen LogP contribution in [0.3, 0.4) is 0 Å². The Hall–Kier alpha value is -3.81. The zero-order valence-electron chi connectivity index (χ0n) is 15.3. The summed E-state index contributed by atoms with van der Waals surface area (Å²) >= 11 is 0. The largest absolute Gasteiger partial charge is 0.451 e. The summed E-state index contributed by atoms with van der Waals surface area (Å²) in [5, 5.41) is 11.8. The first kappa shape index (κ1) is 17.6. The highest BCUT2D eigenvalue weighted by molar-refractivity contribution is 6.11. The van der Waals surface area contributed by atoms with Crippen LogP contribution >= 0.6 is 0 Å². The van der Waals surface area contributed by atoms with Crippen molar-refractivity contribution in [2.75, 3.05) is 0 Å². The van der Waals surface area contributed by atoms with Gasteiger partial charge in [-0.1, -0.05) is 30.3 Å². The number of tetrazole rings is 1. The molecule has 8 nitrogen and oxygen atoms in total. The number of carbonyl (C=O) groups excluding carboxylic acids is 2. The Morgan fingerprint density at radius 3 is 2.64 bits per heavy atom. The van der Waals surface area contributed by atoms with Crippen LogP contribution in [0.2, 0.25) is 0 Å². The fraction of sp³-hybridized carbons (Fsp3) is 0.150. The van der Waals surface area contributed by atoms with Gasteiger partial charge in [0.05, 0.1) is 11.3 Å². The van der Waals surface area contributed by atoms with Crippen LogP contribution in [0.1, 0.15) is 33.3 Å². The molecule has 0 saturated heterocycles. The Morgan fingerprint density at radius 1 is 1.11 bits per heavy atom. The molecule has 0 aliphatic rings. The monoisotopic (exact) mass is 375 g/mol. The van der Waals surface area contributed by atoms with E-state index in [9.17, 15) is 9.59 Å². The van der Waals surface area contributed by atoms with Gasteiger partial charge >= 0.3 is 5.97 Å². The molecular weight excluding hydrogens is 358 g/mol. The van der Waals surface area contributed by atoms with Gasteiger partial charge in [0.1, 0.15) is 6.33 Å². The van der Waals surface area contributed by atoms with Gasteiger partial charge < -0.3 is 9.72 Å². The molecule has 1 atom stereocenters. The van der Waals surface area contributed by atoms with Crippen molar-refractivity contribution in [2.45, 2.75) is 20.0 Å². The zero-order valence-corrected chi connectivity index (χ0v) is 15.3. The van der Waals surface area contributed by atoms with Gasteiger partial charge in [-0.05, 0) is 42.5 Å². The summed E-state index contributed by atoms with van der Waals surface area (Å²) in [6, 6.07) is 14.3. The van der Waals surface area contributed by atoms with E-state index in [0.717, 1.165) is 16.6 Å². The number of Topliss-reactive ketones (excluding diaryl/α,β-unsaturated/α-hetero) is 1. The third-order valence-corrected chi connectivity index (χ3v) is 4.51. The van der Waals surface area contributed by atoms with Crippen LogP contribution in [0.5, 0.6) is 0 Å². The summed E-state index contributed by atoms with van der Waals surface area (Å²) in [5.41, 5.74) is 2.88. The third kappa shape index (κ3) is 3.05. The molecule has 0 spiro atoms. The van der Waals surface area contributed by atoms with Crippen molar-refractivity contribution in [1.29, 1.82) is 0 Å². The molecule has 0 radical (unpaired) electrons. The van der Waals surface area contributed by atoms with E-state index in [2.05, 4.69) is 20.5 Å². The van der Waals surface area contributed by atoms with Crippen molar-refractivity contribution in [3.63, 3.8) is 0 Å². The number of nitrogens with zero attached hydrogens (tertiary/aromatic N) is 4.